The molecule has 112 valence electrons. The number of sulfone groups is 1. The molecule has 0 radical (unpaired) electrons. The number of anilines is 2. The van der Waals surface area contributed by atoms with E-state index in [2.05, 4.69) is 0 Å². The molecule has 0 atom stereocenters. The Morgan fingerprint density at radius 3 is 2.25 bits per heavy atom. The number of nitrogens with zero attached hydrogens (tertiary/aromatic N) is 1. The van der Waals surface area contributed by atoms with Crippen LogP contribution in [0, 0.1) is 0 Å². The van der Waals surface area contributed by atoms with Crippen molar-refractivity contribution in [1.29, 1.82) is 0 Å². The standard InChI is InChI=1S/C10H14N2O6S2/c1-19(15,16)7-20(17,18)12(6-10(13)14)9-5-3-2-4-8(9)11/h2-5H,6-7,11H2,1H3,(H,13,14). The van der Waals surface area contributed by atoms with E-state index in [-0.39, 0.29) is 11.4 Å². The molecular formula is C10H14N2O6S2. The van der Waals surface area contributed by atoms with Crippen molar-refractivity contribution < 1.29 is 26.7 Å². The van der Waals surface area contributed by atoms with Gasteiger partial charge >= 0.3 is 5.97 Å². The maximum atomic E-state index is 12.1. The largest absolute Gasteiger partial charge is 0.480 e. The fourth-order valence-corrected chi connectivity index (χ4v) is 4.95. The number of carboxylic acids is 1. The minimum atomic E-state index is -4.37. The molecule has 0 aromatic heterocycles. The molecular weight excluding hydrogens is 308 g/mol. The number of sulfonamides is 1. The van der Waals surface area contributed by atoms with Crippen LogP contribution in [0.15, 0.2) is 24.3 Å². The van der Waals surface area contributed by atoms with Gasteiger partial charge < -0.3 is 10.8 Å². The van der Waals surface area contributed by atoms with E-state index < -0.39 is 37.5 Å². The minimum absolute atomic E-state index is 0.0332. The second-order valence-electron chi connectivity index (χ2n) is 4.11. The predicted octanol–water partition coefficient (Wildman–Crippen LogP) is -0.508. The molecule has 10 heteroatoms. The molecule has 1 aromatic carbocycles. The highest BCUT2D eigenvalue weighted by Crippen LogP contribution is 2.25. The van der Waals surface area contributed by atoms with Gasteiger partial charge in [0.2, 0.25) is 10.0 Å². The fraction of sp³-hybridized carbons (Fsp3) is 0.300. The third-order valence-corrected chi connectivity index (χ3v) is 6.08. The highest BCUT2D eigenvalue weighted by molar-refractivity contribution is 8.08. The van der Waals surface area contributed by atoms with Gasteiger partial charge in [-0.15, -0.1) is 0 Å². The van der Waals surface area contributed by atoms with Gasteiger partial charge in [-0.3, -0.25) is 9.10 Å². The maximum Gasteiger partial charge on any atom is 0.324 e. The SMILES string of the molecule is CS(=O)(=O)CS(=O)(=O)N(CC(=O)O)c1ccccc1N. The molecule has 0 saturated carbocycles. The third-order valence-electron chi connectivity index (χ3n) is 2.18. The normalized spacial score (nSPS) is 12.1. The number of rotatable bonds is 6. The number of para-hydroxylation sites is 2. The van der Waals surface area contributed by atoms with Gasteiger partial charge in [-0.1, -0.05) is 12.1 Å². The van der Waals surface area contributed by atoms with Crippen molar-refractivity contribution in [2.75, 3.05) is 27.9 Å². The lowest BCUT2D eigenvalue weighted by Crippen LogP contribution is -2.39. The summed E-state index contributed by atoms with van der Waals surface area (Å²) in [5.74, 6) is -1.43. The van der Waals surface area contributed by atoms with E-state index in [0.717, 1.165) is 6.26 Å². The van der Waals surface area contributed by atoms with Crippen molar-refractivity contribution in [3.63, 3.8) is 0 Å². The first-order chi connectivity index (χ1) is 9.03. The van der Waals surface area contributed by atoms with Crippen LogP contribution >= 0.6 is 0 Å². The number of benzene rings is 1. The van der Waals surface area contributed by atoms with Crippen LogP contribution in [0.25, 0.3) is 0 Å². The average molecular weight is 322 g/mol. The maximum absolute atomic E-state index is 12.1. The Kier molecular flexibility index (Phi) is 4.61. The summed E-state index contributed by atoms with van der Waals surface area (Å²) in [5, 5.41) is 7.61. The third kappa shape index (κ3) is 4.38. The van der Waals surface area contributed by atoms with E-state index in [9.17, 15) is 21.6 Å². The van der Waals surface area contributed by atoms with Crippen LogP contribution in [0.5, 0.6) is 0 Å². The predicted molar refractivity (Wildman–Crippen MR) is 74.5 cm³/mol. The summed E-state index contributed by atoms with van der Waals surface area (Å²) in [7, 11) is -8.21. The Morgan fingerprint density at radius 2 is 1.80 bits per heavy atom. The number of carbonyl (C=O) groups is 1. The van der Waals surface area contributed by atoms with Crippen molar-refractivity contribution in [3.8, 4) is 0 Å². The molecule has 0 aliphatic carbocycles. The van der Waals surface area contributed by atoms with E-state index in [1.807, 2.05) is 0 Å². The van der Waals surface area contributed by atoms with Gasteiger partial charge in [0, 0.05) is 6.26 Å². The molecule has 0 aliphatic heterocycles. The number of nitrogen functional groups attached to an aromatic ring is 1. The monoisotopic (exact) mass is 322 g/mol. The molecule has 0 aliphatic rings. The first kappa shape index (κ1) is 16.2. The van der Waals surface area contributed by atoms with Gasteiger partial charge in [0.15, 0.2) is 14.9 Å². The molecule has 0 amide bonds. The van der Waals surface area contributed by atoms with Gasteiger partial charge in [0.05, 0.1) is 11.4 Å². The number of hydrogen-bond donors (Lipinski definition) is 2. The molecule has 0 fully saturated rings. The Balaban J connectivity index is 3.34. The molecule has 0 saturated heterocycles. The van der Waals surface area contributed by atoms with Gasteiger partial charge in [0.1, 0.15) is 6.54 Å². The molecule has 1 rings (SSSR count). The van der Waals surface area contributed by atoms with Crippen LogP contribution in [-0.2, 0) is 24.7 Å². The topological polar surface area (TPSA) is 135 Å². The fourth-order valence-electron chi connectivity index (χ4n) is 1.51. The molecule has 0 spiro atoms. The molecule has 1 aromatic rings. The van der Waals surface area contributed by atoms with Crippen molar-refractivity contribution >= 4 is 37.2 Å². The number of nitrogens with two attached hydrogens (primary N) is 1. The summed E-state index contributed by atoms with van der Waals surface area (Å²) in [6.45, 7) is -0.911. The summed E-state index contributed by atoms with van der Waals surface area (Å²) in [4.78, 5) is 10.8. The van der Waals surface area contributed by atoms with E-state index in [1.165, 1.54) is 18.2 Å². The van der Waals surface area contributed by atoms with E-state index >= 15 is 0 Å². The lowest BCUT2D eigenvalue weighted by molar-refractivity contribution is -0.135. The second-order valence-corrected chi connectivity index (χ2v) is 8.51. The quantitative estimate of drug-likeness (QED) is 0.673. The summed E-state index contributed by atoms with van der Waals surface area (Å²) in [6.07, 6.45) is 0.748. The van der Waals surface area contributed by atoms with Crippen LogP contribution in [0.3, 0.4) is 0 Å². The van der Waals surface area contributed by atoms with Crippen molar-refractivity contribution in [3.05, 3.63) is 24.3 Å². The van der Waals surface area contributed by atoms with Crippen LogP contribution in [0.2, 0.25) is 0 Å². The van der Waals surface area contributed by atoms with Crippen molar-refractivity contribution in [2.45, 2.75) is 0 Å². The molecule has 3 N–H and O–H groups in total. The Hall–Kier alpha value is -1.81. The zero-order valence-corrected chi connectivity index (χ0v) is 12.2. The molecule has 0 bridgehead atoms. The van der Waals surface area contributed by atoms with Crippen LogP contribution in [0.1, 0.15) is 0 Å². The van der Waals surface area contributed by atoms with Crippen LogP contribution in [0.4, 0.5) is 11.4 Å². The highest BCUT2D eigenvalue weighted by Gasteiger charge is 2.29. The van der Waals surface area contributed by atoms with Crippen molar-refractivity contribution in [1.82, 2.24) is 0 Å². The average Bonchev–Trinajstić information content (AvgIpc) is 2.23. The Bertz CT molecular complexity index is 711. The van der Waals surface area contributed by atoms with Crippen molar-refractivity contribution in [2.24, 2.45) is 0 Å². The number of carboxylic acid groups (broad SMARTS) is 1. The Morgan fingerprint density at radius 1 is 1.25 bits per heavy atom. The lowest BCUT2D eigenvalue weighted by atomic mass is 10.3. The minimum Gasteiger partial charge on any atom is -0.480 e. The van der Waals surface area contributed by atoms with Gasteiger partial charge in [0.25, 0.3) is 0 Å². The second kappa shape index (κ2) is 5.67. The summed E-state index contributed by atoms with van der Waals surface area (Å²) in [6, 6.07) is 5.70. The first-order valence-corrected chi connectivity index (χ1v) is 8.94. The molecule has 0 unspecified atom stereocenters. The van der Waals surface area contributed by atoms with E-state index in [0.29, 0.717) is 4.31 Å². The summed E-state index contributed by atoms with van der Waals surface area (Å²) >= 11 is 0. The van der Waals surface area contributed by atoms with E-state index in [1.54, 1.807) is 6.07 Å². The Labute approximate surface area is 116 Å². The van der Waals surface area contributed by atoms with Crippen LogP contribution < -0.4 is 10.0 Å². The molecule has 0 heterocycles. The van der Waals surface area contributed by atoms with Gasteiger partial charge in [-0.25, -0.2) is 16.8 Å². The zero-order valence-electron chi connectivity index (χ0n) is 10.6. The number of aliphatic carboxylic acids is 1. The summed E-state index contributed by atoms with van der Waals surface area (Å²) < 4.78 is 46.9. The summed E-state index contributed by atoms with van der Waals surface area (Å²) in [5.41, 5.74) is 5.57. The van der Waals surface area contributed by atoms with Gasteiger partial charge in [-0.2, -0.15) is 0 Å². The smallest absolute Gasteiger partial charge is 0.324 e. The van der Waals surface area contributed by atoms with E-state index in [4.69, 9.17) is 10.8 Å². The first-order valence-electron chi connectivity index (χ1n) is 5.27. The molecule has 20 heavy (non-hydrogen) atoms. The van der Waals surface area contributed by atoms with Crippen LogP contribution in [-0.4, -0.2) is 45.8 Å². The molecule has 8 nitrogen and oxygen atoms in total. The highest BCUT2D eigenvalue weighted by atomic mass is 32.3. The zero-order chi connectivity index (χ0) is 15.6. The van der Waals surface area contributed by atoms with Gasteiger partial charge in [-0.05, 0) is 12.1 Å². The lowest BCUT2D eigenvalue weighted by Gasteiger charge is -2.23. The number of hydrogen-bond acceptors (Lipinski definition) is 6.